The number of fused-ring (bicyclic) bond motifs is 1. The molecule has 0 spiro atoms. The van der Waals surface area contributed by atoms with Crippen molar-refractivity contribution < 1.29 is 0 Å². The molecule has 0 aliphatic heterocycles. The largest absolute Gasteiger partial charge is 0.276 e. The van der Waals surface area contributed by atoms with E-state index in [-0.39, 0.29) is 11.1 Å². The van der Waals surface area contributed by atoms with Crippen molar-refractivity contribution in [1.82, 2.24) is 9.38 Å². The van der Waals surface area contributed by atoms with Gasteiger partial charge in [0, 0.05) is 11.8 Å². The number of pyridine rings is 1. The monoisotopic (exact) mass is 261 g/mol. The lowest BCUT2D eigenvalue weighted by molar-refractivity contribution is 1.02. The van der Waals surface area contributed by atoms with E-state index in [4.69, 9.17) is 0 Å². The average molecular weight is 261 g/mol. The van der Waals surface area contributed by atoms with E-state index in [1.807, 2.05) is 49.4 Å². The maximum Gasteiger partial charge on any atom is 0.276 e. The van der Waals surface area contributed by atoms with Crippen LogP contribution in [0.25, 0.3) is 16.9 Å². The molecule has 0 fully saturated rings. The standard InChI is InChI=1S/C16H11N3O/c1-11-6-5-9-19-15(11)18-14(13(10-17)16(19)20)12-7-3-2-4-8-12/h2-9H,1H3. The number of aromatic nitrogens is 2. The van der Waals surface area contributed by atoms with Crippen molar-refractivity contribution in [1.29, 1.82) is 5.26 Å². The maximum atomic E-state index is 12.4. The Morgan fingerprint density at radius 1 is 1.15 bits per heavy atom. The number of aryl methyl sites for hydroxylation is 1. The molecule has 2 aromatic heterocycles. The van der Waals surface area contributed by atoms with Gasteiger partial charge in [-0.3, -0.25) is 9.20 Å². The van der Waals surface area contributed by atoms with Crippen molar-refractivity contribution in [3.8, 4) is 17.3 Å². The van der Waals surface area contributed by atoms with Crippen LogP contribution >= 0.6 is 0 Å². The van der Waals surface area contributed by atoms with Gasteiger partial charge >= 0.3 is 0 Å². The first-order valence-electron chi connectivity index (χ1n) is 6.20. The average Bonchev–Trinajstić information content (AvgIpc) is 2.49. The molecule has 2 heterocycles. The van der Waals surface area contributed by atoms with E-state index < -0.39 is 0 Å². The van der Waals surface area contributed by atoms with E-state index in [1.54, 1.807) is 12.3 Å². The predicted octanol–water partition coefficient (Wildman–Crippen LogP) is 2.54. The molecule has 3 aromatic rings. The predicted molar refractivity (Wildman–Crippen MR) is 76.4 cm³/mol. The SMILES string of the molecule is Cc1cccn2c(=O)c(C#N)c(-c3ccccc3)nc12. The van der Waals surface area contributed by atoms with Gasteiger partial charge < -0.3 is 0 Å². The van der Waals surface area contributed by atoms with E-state index in [1.165, 1.54) is 4.40 Å². The van der Waals surface area contributed by atoms with Crippen LogP contribution in [0, 0.1) is 18.3 Å². The third-order valence-electron chi connectivity index (χ3n) is 3.21. The van der Waals surface area contributed by atoms with Gasteiger partial charge in [0.1, 0.15) is 17.3 Å². The molecule has 0 radical (unpaired) electrons. The highest BCUT2D eigenvalue weighted by atomic mass is 16.1. The molecule has 20 heavy (non-hydrogen) atoms. The van der Waals surface area contributed by atoms with E-state index in [0.717, 1.165) is 11.1 Å². The Balaban J connectivity index is 2.47. The van der Waals surface area contributed by atoms with Gasteiger partial charge in [0.05, 0.1) is 5.69 Å². The third-order valence-corrected chi connectivity index (χ3v) is 3.21. The quantitative estimate of drug-likeness (QED) is 0.676. The summed E-state index contributed by atoms with van der Waals surface area (Å²) in [6, 6.07) is 14.9. The van der Waals surface area contributed by atoms with Gasteiger partial charge in [0.15, 0.2) is 0 Å². The fraction of sp³-hybridized carbons (Fsp3) is 0.0625. The Kier molecular flexibility index (Phi) is 2.81. The van der Waals surface area contributed by atoms with Crippen LogP contribution in [0.4, 0.5) is 0 Å². The minimum Gasteiger partial charge on any atom is -0.267 e. The van der Waals surface area contributed by atoms with Crippen LogP contribution in [0.3, 0.4) is 0 Å². The van der Waals surface area contributed by atoms with Gasteiger partial charge in [-0.25, -0.2) is 4.98 Å². The van der Waals surface area contributed by atoms with E-state index in [2.05, 4.69) is 4.98 Å². The first-order chi connectivity index (χ1) is 9.72. The lowest BCUT2D eigenvalue weighted by Crippen LogP contribution is -2.20. The first-order valence-corrected chi connectivity index (χ1v) is 6.20. The number of nitriles is 1. The highest BCUT2D eigenvalue weighted by molar-refractivity contribution is 5.69. The van der Waals surface area contributed by atoms with Gasteiger partial charge in [-0.15, -0.1) is 0 Å². The minimum absolute atomic E-state index is 0.0688. The van der Waals surface area contributed by atoms with Gasteiger partial charge in [0.2, 0.25) is 0 Å². The molecule has 0 aliphatic rings. The normalized spacial score (nSPS) is 10.4. The molecule has 0 saturated carbocycles. The number of rotatable bonds is 1. The Bertz CT molecular complexity index is 889. The van der Waals surface area contributed by atoms with E-state index in [9.17, 15) is 10.1 Å². The van der Waals surface area contributed by atoms with Crippen molar-refractivity contribution >= 4 is 5.65 Å². The van der Waals surface area contributed by atoms with Crippen molar-refractivity contribution in [2.45, 2.75) is 6.92 Å². The zero-order chi connectivity index (χ0) is 14.1. The number of hydrogen-bond acceptors (Lipinski definition) is 3. The summed E-state index contributed by atoms with van der Waals surface area (Å²) in [5.74, 6) is 0. The lowest BCUT2D eigenvalue weighted by atomic mass is 10.1. The van der Waals surface area contributed by atoms with Crippen LogP contribution in [0.15, 0.2) is 53.5 Å². The van der Waals surface area contributed by atoms with Crippen molar-refractivity contribution in [3.63, 3.8) is 0 Å². The molecule has 0 N–H and O–H groups in total. The summed E-state index contributed by atoms with van der Waals surface area (Å²) in [4.78, 5) is 16.9. The van der Waals surface area contributed by atoms with E-state index in [0.29, 0.717) is 11.3 Å². The molecule has 0 amide bonds. The molecule has 0 bridgehead atoms. The Hall–Kier alpha value is -2.93. The highest BCUT2D eigenvalue weighted by Crippen LogP contribution is 2.20. The number of benzene rings is 1. The number of nitrogens with zero attached hydrogens (tertiary/aromatic N) is 3. The lowest BCUT2D eigenvalue weighted by Gasteiger charge is -2.08. The van der Waals surface area contributed by atoms with Crippen LogP contribution in [0.5, 0.6) is 0 Å². The molecule has 3 rings (SSSR count). The summed E-state index contributed by atoms with van der Waals surface area (Å²) in [5, 5.41) is 9.29. The smallest absolute Gasteiger partial charge is 0.267 e. The zero-order valence-corrected chi connectivity index (χ0v) is 10.9. The van der Waals surface area contributed by atoms with Crippen LogP contribution in [0.1, 0.15) is 11.1 Å². The van der Waals surface area contributed by atoms with Gasteiger partial charge in [-0.2, -0.15) is 5.26 Å². The third kappa shape index (κ3) is 1.77. The van der Waals surface area contributed by atoms with Crippen LogP contribution in [-0.2, 0) is 0 Å². The van der Waals surface area contributed by atoms with Gasteiger partial charge in [-0.1, -0.05) is 36.4 Å². The summed E-state index contributed by atoms with van der Waals surface area (Å²) < 4.78 is 1.42. The maximum absolute atomic E-state index is 12.4. The van der Waals surface area contributed by atoms with E-state index >= 15 is 0 Å². The van der Waals surface area contributed by atoms with Crippen LogP contribution in [0.2, 0.25) is 0 Å². The summed E-state index contributed by atoms with van der Waals surface area (Å²) in [6.45, 7) is 1.89. The molecule has 4 nitrogen and oxygen atoms in total. The zero-order valence-electron chi connectivity index (χ0n) is 10.9. The first kappa shape index (κ1) is 12.1. The second kappa shape index (κ2) is 4.63. The van der Waals surface area contributed by atoms with Crippen molar-refractivity contribution in [2.24, 2.45) is 0 Å². The van der Waals surface area contributed by atoms with Gasteiger partial charge in [-0.05, 0) is 18.6 Å². The molecule has 0 atom stereocenters. The summed E-state index contributed by atoms with van der Waals surface area (Å²) in [7, 11) is 0. The second-order valence-corrected chi connectivity index (χ2v) is 4.50. The summed E-state index contributed by atoms with van der Waals surface area (Å²) in [6.07, 6.45) is 1.63. The van der Waals surface area contributed by atoms with Crippen LogP contribution < -0.4 is 5.56 Å². The molecular weight excluding hydrogens is 250 g/mol. The topological polar surface area (TPSA) is 58.2 Å². The number of hydrogen-bond donors (Lipinski definition) is 0. The van der Waals surface area contributed by atoms with Gasteiger partial charge in [0.25, 0.3) is 5.56 Å². The highest BCUT2D eigenvalue weighted by Gasteiger charge is 2.14. The molecule has 4 heteroatoms. The minimum atomic E-state index is -0.333. The Morgan fingerprint density at radius 2 is 1.90 bits per heavy atom. The molecule has 0 aliphatic carbocycles. The Morgan fingerprint density at radius 3 is 2.60 bits per heavy atom. The van der Waals surface area contributed by atoms with Crippen LogP contribution in [-0.4, -0.2) is 9.38 Å². The Labute approximate surface area is 115 Å². The summed E-state index contributed by atoms with van der Waals surface area (Å²) >= 11 is 0. The summed E-state index contributed by atoms with van der Waals surface area (Å²) in [5.41, 5.74) is 2.42. The molecule has 96 valence electrons. The van der Waals surface area contributed by atoms with Crippen molar-refractivity contribution in [2.75, 3.05) is 0 Å². The molecule has 0 unspecified atom stereocenters. The molecule has 1 aromatic carbocycles. The van der Waals surface area contributed by atoms with Crippen molar-refractivity contribution in [3.05, 3.63) is 70.1 Å². The fourth-order valence-corrected chi connectivity index (χ4v) is 2.20. The molecule has 0 saturated heterocycles. The molecular formula is C16H11N3O. The fourth-order valence-electron chi connectivity index (χ4n) is 2.20. The second-order valence-electron chi connectivity index (χ2n) is 4.50.